The fourth-order valence-corrected chi connectivity index (χ4v) is 2.12. The zero-order chi connectivity index (χ0) is 15.7. The summed E-state index contributed by atoms with van der Waals surface area (Å²) < 4.78 is 12.8. The third-order valence-electron chi connectivity index (χ3n) is 3.24. The molecule has 3 aromatic rings. The molecule has 0 aliphatic heterocycles. The number of hydrogen-bond donors (Lipinski definition) is 2. The number of amides is 1. The van der Waals surface area contributed by atoms with Crippen LogP contribution in [0.2, 0.25) is 0 Å². The minimum atomic E-state index is -0.610. The van der Waals surface area contributed by atoms with Gasteiger partial charge in [-0.3, -0.25) is 4.79 Å². The number of aromatic amines is 1. The Kier molecular flexibility index (Phi) is 3.42. The first-order chi connectivity index (χ1) is 10.5. The number of rotatable bonds is 2. The zero-order valence-corrected chi connectivity index (χ0v) is 11.7. The Morgan fingerprint density at radius 3 is 2.64 bits per heavy atom. The lowest BCUT2D eigenvalue weighted by Crippen LogP contribution is -1.93. The molecule has 0 unspecified atom stereocenters. The monoisotopic (exact) mass is 297 g/mol. The molecule has 1 amide bonds. The van der Waals surface area contributed by atoms with Crippen molar-refractivity contribution in [3.05, 3.63) is 59.4 Å². The highest BCUT2D eigenvalue weighted by atomic mass is 19.1. The van der Waals surface area contributed by atoms with E-state index in [0.29, 0.717) is 10.9 Å². The number of aryl methyl sites for hydroxylation is 1. The van der Waals surface area contributed by atoms with E-state index in [4.69, 9.17) is 0 Å². The largest absolute Gasteiger partial charge is 0.493 e. The molecule has 1 aromatic heterocycles. The van der Waals surface area contributed by atoms with Crippen LogP contribution in [0.3, 0.4) is 0 Å². The van der Waals surface area contributed by atoms with Crippen molar-refractivity contribution >= 4 is 22.5 Å². The summed E-state index contributed by atoms with van der Waals surface area (Å²) >= 11 is 0. The van der Waals surface area contributed by atoms with E-state index >= 15 is 0 Å². The highest BCUT2D eigenvalue weighted by Crippen LogP contribution is 2.35. The van der Waals surface area contributed by atoms with Gasteiger partial charge in [-0.2, -0.15) is 0 Å². The molecule has 0 bridgehead atoms. The minimum Gasteiger partial charge on any atom is -0.493 e. The fraction of sp³-hybridized carbons (Fsp3) is 0.0625. The van der Waals surface area contributed by atoms with Crippen molar-refractivity contribution in [2.75, 3.05) is 0 Å². The predicted octanol–water partition coefficient (Wildman–Crippen LogP) is 4.25. The van der Waals surface area contributed by atoms with Gasteiger partial charge in [0.15, 0.2) is 5.69 Å². The first-order valence-corrected chi connectivity index (χ1v) is 6.57. The molecule has 2 N–H and O–H groups in total. The van der Waals surface area contributed by atoms with Gasteiger partial charge in [0.25, 0.3) is 5.91 Å². The van der Waals surface area contributed by atoms with Gasteiger partial charge in [-0.25, -0.2) is 4.39 Å². The van der Waals surface area contributed by atoms with Crippen LogP contribution in [0.5, 0.6) is 5.88 Å². The molecular formula is C16H12FN3O2. The van der Waals surface area contributed by atoms with E-state index in [1.807, 2.05) is 25.1 Å². The molecule has 0 fully saturated rings. The van der Waals surface area contributed by atoms with Crippen LogP contribution >= 0.6 is 0 Å². The SMILES string of the molecule is Cc1ccc2[nH]c(O)c(N=NC(=O)c3ccc(F)cc3)c2c1. The van der Waals surface area contributed by atoms with Crippen molar-refractivity contribution < 1.29 is 14.3 Å². The number of benzene rings is 2. The van der Waals surface area contributed by atoms with E-state index < -0.39 is 11.7 Å². The number of H-pyrrole nitrogens is 1. The third-order valence-corrected chi connectivity index (χ3v) is 3.24. The molecule has 2 aromatic carbocycles. The second-order valence-corrected chi connectivity index (χ2v) is 4.88. The van der Waals surface area contributed by atoms with Gasteiger partial charge in [0.2, 0.25) is 5.88 Å². The molecule has 0 radical (unpaired) electrons. The summed E-state index contributed by atoms with van der Waals surface area (Å²) in [6, 6.07) is 10.5. The Balaban J connectivity index is 1.95. The number of fused-ring (bicyclic) bond motifs is 1. The average molecular weight is 297 g/mol. The number of carbonyl (C=O) groups excluding carboxylic acids is 1. The van der Waals surface area contributed by atoms with E-state index in [1.165, 1.54) is 24.3 Å². The highest BCUT2D eigenvalue weighted by Gasteiger charge is 2.11. The second kappa shape index (κ2) is 5.40. The van der Waals surface area contributed by atoms with Crippen LogP contribution < -0.4 is 0 Å². The quantitative estimate of drug-likeness (QED) is 0.694. The van der Waals surface area contributed by atoms with Gasteiger partial charge in [0.1, 0.15) is 5.82 Å². The standard InChI is InChI=1S/C16H12FN3O2/c1-9-2-7-13-12(8-9)14(16(22)18-13)19-20-15(21)10-3-5-11(17)6-4-10/h2-8,18,22H,1H3. The lowest BCUT2D eigenvalue weighted by atomic mass is 10.1. The maximum Gasteiger partial charge on any atom is 0.295 e. The molecule has 0 aliphatic carbocycles. The van der Waals surface area contributed by atoms with E-state index in [0.717, 1.165) is 5.56 Å². The smallest absolute Gasteiger partial charge is 0.295 e. The molecular weight excluding hydrogens is 285 g/mol. The van der Waals surface area contributed by atoms with Gasteiger partial charge in [-0.15, -0.1) is 10.2 Å². The van der Waals surface area contributed by atoms with Crippen LogP contribution in [-0.4, -0.2) is 16.0 Å². The van der Waals surface area contributed by atoms with Gasteiger partial charge < -0.3 is 10.1 Å². The molecule has 110 valence electrons. The van der Waals surface area contributed by atoms with Crippen LogP contribution in [0.4, 0.5) is 10.1 Å². The molecule has 0 aliphatic rings. The summed E-state index contributed by atoms with van der Waals surface area (Å²) in [5.74, 6) is -1.20. The number of aromatic hydroxyl groups is 1. The van der Waals surface area contributed by atoms with Gasteiger partial charge in [-0.1, -0.05) is 11.6 Å². The van der Waals surface area contributed by atoms with Crippen LogP contribution in [0.1, 0.15) is 15.9 Å². The zero-order valence-electron chi connectivity index (χ0n) is 11.7. The summed E-state index contributed by atoms with van der Waals surface area (Å²) in [5.41, 5.74) is 2.12. The molecule has 0 saturated heterocycles. The van der Waals surface area contributed by atoms with Crippen molar-refractivity contribution in [2.24, 2.45) is 10.2 Å². The molecule has 0 spiro atoms. The summed E-state index contributed by atoms with van der Waals surface area (Å²) in [5, 5.41) is 18.0. The lowest BCUT2D eigenvalue weighted by Gasteiger charge is -1.95. The van der Waals surface area contributed by atoms with Gasteiger partial charge in [-0.05, 0) is 43.3 Å². The van der Waals surface area contributed by atoms with Crippen LogP contribution in [0, 0.1) is 12.7 Å². The number of halogens is 1. The molecule has 1 heterocycles. The summed E-state index contributed by atoms with van der Waals surface area (Å²) in [4.78, 5) is 14.7. The highest BCUT2D eigenvalue weighted by molar-refractivity contribution is 5.97. The number of nitrogens with zero attached hydrogens (tertiary/aromatic N) is 2. The summed E-state index contributed by atoms with van der Waals surface area (Å²) in [6.45, 7) is 1.91. The van der Waals surface area contributed by atoms with Crippen molar-refractivity contribution in [3.63, 3.8) is 0 Å². The Morgan fingerprint density at radius 1 is 1.18 bits per heavy atom. The van der Waals surface area contributed by atoms with Gasteiger partial charge in [0, 0.05) is 10.9 Å². The van der Waals surface area contributed by atoms with Crippen molar-refractivity contribution in [1.29, 1.82) is 0 Å². The Labute approximate surface area is 125 Å². The summed E-state index contributed by atoms with van der Waals surface area (Å²) in [7, 11) is 0. The Bertz CT molecular complexity index is 882. The molecule has 5 nitrogen and oxygen atoms in total. The molecule has 3 rings (SSSR count). The molecule has 0 atom stereocenters. The number of nitrogens with one attached hydrogen (secondary N) is 1. The van der Waals surface area contributed by atoms with E-state index in [9.17, 15) is 14.3 Å². The Hall–Kier alpha value is -3.02. The maximum atomic E-state index is 12.8. The van der Waals surface area contributed by atoms with Gasteiger partial charge >= 0.3 is 0 Å². The maximum absolute atomic E-state index is 12.8. The van der Waals surface area contributed by atoms with Crippen molar-refractivity contribution in [1.82, 2.24) is 4.98 Å². The topological polar surface area (TPSA) is 77.8 Å². The minimum absolute atomic E-state index is 0.156. The summed E-state index contributed by atoms with van der Waals surface area (Å²) in [6.07, 6.45) is 0. The van der Waals surface area contributed by atoms with E-state index in [-0.39, 0.29) is 17.1 Å². The molecule has 6 heteroatoms. The first-order valence-electron chi connectivity index (χ1n) is 6.57. The van der Waals surface area contributed by atoms with Crippen LogP contribution in [0.15, 0.2) is 52.7 Å². The number of carbonyl (C=O) groups is 1. The lowest BCUT2D eigenvalue weighted by molar-refractivity contribution is 0.0995. The normalized spacial score (nSPS) is 11.4. The molecule has 0 saturated carbocycles. The third kappa shape index (κ3) is 2.58. The molecule has 22 heavy (non-hydrogen) atoms. The number of azo groups is 1. The van der Waals surface area contributed by atoms with Crippen LogP contribution in [0.25, 0.3) is 10.9 Å². The van der Waals surface area contributed by atoms with Gasteiger partial charge in [0.05, 0.1) is 5.52 Å². The number of hydrogen-bond acceptors (Lipinski definition) is 3. The number of aromatic nitrogens is 1. The van der Waals surface area contributed by atoms with Crippen molar-refractivity contribution in [3.8, 4) is 5.88 Å². The second-order valence-electron chi connectivity index (χ2n) is 4.88. The van der Waals surface area contributed by atoms with E-state index in [2.05, 4.69) is 15.2 Å². The average Bonchev–Trinajstić information content (AvgIpc) is 2.80. The Morgan fingerprint density at radius 2 is 1.91 bits per heavy atom. The first kappa shape index (κ1) is 13.9. The van der Waals surface area contributed by atoms with Crippen LogP contribution in [-0.2, 0) is 0 Å². The van der Waals surface area contributed by atoms with Crippen molar-refractivity contribution in [2.45, 2.75) is 6.92 Å². The fourth-order valence-electron chi connectivity index (χ4n) is 2.12. The van der Waals surface area contributed by atoms with E-state index in [1.54, 1.807) is 0 Å². The predicted molar refractivity (Wildman–Crippen MR) is 79.9 cm³/mol.